The van der Waals surface area contributed by atoms with Crippen LogP contribution in [0.2, 0.25) is 0 Å². The monoisotopic (exact) mass is 557 g/mol. The lowest BCUT2D eigenvalue weighted by atomic mass is 9.90. The summed E-state index contributed by atoms with van der Waals surface area (Å²) in [5, 5.41) is 23.0. The number of rotatable bonds is 9. The minimum atomic E-state index is -4.79. The molecule has 3 rings (SSSR count). The van der Waals surface area contributed by atoms with Gasteiger partial charge in [0.1, 0.15) is 17.9 Å². The Morgan fingerprint density at radius 2 is 1.82 bits per heavy atom. The maximum atomic E-state index is 13.0. The first-order valence-corrected chi connectivity index (χ1v) is 12.7. The number of hydrogen-bond acceptors (Lipinski definition) is 7. The molecule has 0 saturated carbocycles. The number of benzene rings is 2. The number of primary amides is 1. The van der Waals surface area contributed by atoms with Crippen LogP contribution in [0.3, 0.4) is 0 Å². The van der Waals surface area contributed by atoms with E-state index in [1.807, 2.05) is 4.72 Å². The summed E-state index contributed by atoms with van der Waals surface area (Å²) < 4.78 is 71.6. The first-order valence-electron chi connectivity index (χ1n) is 11.2. The molecule has 1 aliphatic carbocycles. The van der Waals surface area contributed by atoms with Crippen molar-refractivity contribution in [3.8, 4) is 5.75 Å². The minimum absolute atomic E-state index is 0.0229. The van der Waals surface area contributed by atoms with Crippen LogP contribution in [-0.4, -0.2) is 61.8 Å². The highest BCUT2D eigenvalue weighted by Gasteiger charge is 2.37. The number of ether oxygens (including phenoxy) is 1. The molecule has 0 saturated heterocycles. The number of carbonyl (C=O) groups excluding carboxylic acids is 2. The van der Waals surface area contributed by atoms with Crippen molar-refractivity contribution < 1.29 is 46.1 Å². The van der Waals surface area contributed by atoms with E-state index in [0.29, 0.717) is 23.4 Å². The first kappa shape index (κ1) is 29.1. The number of aliphatic hydroxyl groups excluding tert-OH is 2. The zero-order chi connectivity index (χ0) is 28.3. The Balaban J connectivity index is 1.80. The molecule has 2 aromatic carbocycles. The van der Waals surface area contributed by atoms with Crippen LogP contribution in [-0.2, 0) is 32.2 Å². The number of hydrogen-bond donors (Lipinski definition) is 5. The van der Waals surface area contributed by atoms with Crippen molar-refractivity contribution in [3.05, 3.63) is 71.3 Å². The number of halogens is 3. The van der Waals surface area contributed by atoms with Crippen molar-refractivity contribution in [1.82, 2.24) is 10.0 Å². The smallest absolute Gasteiger partial charge is 0.416 e. The van der Waals surface area contributed by atoms with Crippen LogP contribution in [0.5, 0.6) is 5.75 Å². The summed E-state index contributed by atoms with van der Waals surface area (Å²) in [7, 11) is -3.13. The van der Waals surface area contributed by atoms with Crippen molar-refractivity contribution in [2.75, 3.05) is 7.11 Å². The van der Waals surface area contributed by atoms with Crippen molar-refractivity contribution in [2.45, 2.75) is 48.2 Å². The molecular formula is C24H26F3N3O7S. The van der Waals surface area contributed by atoms with E-state index in [1.54, 1.807) is 24.3 Å². The lowest BCUT2D eigenvalue weighted by Crippen LogP contribution is -2.52. The molecule has 2 amide bonds. The van der Waals surface area contributed by atoms with Crippen molar-refractivity contribution in [1.29, 1.82) is 0 Å². The highest BCUT2D eigenvalue weighted by molar-refractivity contribution is 7.89. The summed E-state index contributed by atoms with van der Waals surface area (Å²) in [5.74, 6) is -1.13. The molecular weight excluding hydrogens is 531 g/mol. The van der Waals surface area contributed by atoms with Crippen molar-refractivity contribution in [2.24, 2.45) is 5.73 Å². The summed E-state index contributed by atoms with van der Waals surface area (Å²) in [6.07, 6.45) is -7.43. The molecule has 38 heavy (non-hydrogen) atoms. The summed E-state index contributed by atoms with van der Waals surface area (Å²) in [6, 6.07) is 6.86. The maximum Gasteiger partial charge on any atom is 0.416 e. The topological polar surface area (TPSA) is 168 Å². The number of carbonyl (C=O) groups is 2. The second-order valence-corrected chi connectivity index (χ2v) is 10.3. The van der Waals surface area contributed by atoms with Gasteiger partial charge in [0.2, 0.25) is 21.8 Å². The molecule has 2 aromatic rings. The van der Waals surface area contributed by atoms with Crippen molar-refractivity contribution in [3.63, 3.8) is 0 Å². The van der Waals surface area contributed by atoms with E-state index in [4.69, 9.17) is 10.5 Å². The van der Waals surface area contributed by atoms with Gasteiger partial charge in [-0.25, -0.2) is 13.1 Å². The standard InChI is InChI=1S/C24H26F3N3O7S/c1-37-16-7-5-13(6-8-16)9-19(22(28)33)29-23(34)14-10-18(21(32)20(31)11-14)30-38(35,36)17-4-2-3-15(12-17)24(25,26)27/h2-8,10,12,18-21,30-32H,9,11H2,1H3,(H2,28,33)(H,29,34). The van der Waals surface area contributed by atoms with Gasteiger partial charge in [-0.05, 0) is 35.9 Å². The fourth-order valence-electron chi connectivity index (χ4n) is 3.80. The molecule has 10 nitrogen and oxygen atoms in total. The first-order chi connectivity index (χ1) is 17.7. The number of alkyl halides is 3. The van der Waals surface area contributed by atoms with E-state index in [9.17, 15) is 41.4 Å². The van der Waals surface area contributed by atoms with Crippen LogP contribution in [0.4, 0.5) is 13.2 Å². The Kier molecular flexibility index (Phi) is 8.82. The predicted octanol–water partition coefficient (Wildman–Crippen LogP) is 0.626. The molecule has 0 spiro atoms. The molecule has 0 radical (unpaired) electrons. The van der Waals surface area contributed by atoms with Crippen LogP contribution in [0.1, 0.15) is 17.5 Å². The normalized spacial score (nSPS) is 20.8. The lowest BCUT2D eigenvalue weighted by molar-refractivity contribution is -0.137. The van der Waals surface area contributed by atoms with Gasteiger partial charge in [-0.1, -0.05) is 24.3 Å². The Bertz CT molecular complexity index is 1310. The number of aliphatic hydroxyl groups is 2. The molecule has 206 valence electrons. The molecule has 0 aromatic heterocycles. The second-order valence-electron chi connectivity index (χ2n) is 8.61. The Hall–Kier alpha value is -3.46. The fourth-order valence-corrected chi connectivity index (χ4v) is 5.04. The molecule has 0 bridgehead atoms. The number of amides is 2. The molecule has 4 atom stereocenters. The van der Waals surface area contributed by atoms with Crippen LogP contribution in [0.15, 0.2) is 65.1 Å². The van der Waals surface area contributed by atoms with Crippen LogP contribution in [0.25, 0.3) is 0 Å². The quantitative estimate of drug-likeness (QED) is 0.301. The zero-order valence-electron chi connectivity index (χ0n) is 20.0. The molecule has 4 unspecified atom stereocenters. The summed E-state index contributed by atoms with van der Waals surface area (Å²) in [5.41, 5.74) is 4.71. The SMILES string of the molecule is COc1ccc(CC(NC(=O)C2=CC(NS(=O)(=O)c3cccc(C(F)(F)F)c3)C(O)C(O)C2)C(N)=O)cc1. The Labute approximate surface area is 216 Å². The van der Waals surface area contributed by atoms with Crippen LogP contribution < -0.4 is 20.5 Å². The van der Waals surface area contributed by atoms with E-state index >= 15 is 0 Å². The van der Waals surface area contributed by atoms with E-state index in [0.717, 1.165) is 18.2 Å². The number of methoxy groups -OCH3 is 1. The molecule has 0 heterocycles. The average Bonchev–Trinajstić information content (AvgIpc) is 2.86. The van der Waals surface area contributed by atoms with Gasteiger partial charge in [0.15, 0.2) is 0 Å². The Morgan fingerprint density at radius 3 is 2.39 bits per heavy atom. The average molecular weight is 558 g/mol. The third-order valence-electron chi connectivity index (χ3n) is 5.87. The molecule has 0 fully saturated rings. The maximum absolute atomic E-state index is 13.0. The third kappa shape index (κ3) is 7.10. The van der Waals surface area contributed by atoms with Gasteiger partial charge in [-0.3, -0.25) is 9.59 Å². The lowest BCUT2D eigenvalue weighted by Gasteiger charge is -2.31. The largest absolute Gasteiger partial charge is 0.497 e. The predicted molar refractivity (Wildman–Crippen MR) is 128 cm³/mol. The van der Waals surface area contributed by atoms with Gasteiger partial charge >= 0.3 is 6.18 Å². The number of nitrogens with two attached hydrogens (primary N) is 1. The van der Waals surface area contributed by atoms with Crippen LogP contribution in [0, 0.1) is 0 Å². The third-order valence-corrected chi connectivity index (χ3v) is 7.33. The molecule has 0 aliphatic heterocycles. The number of nitrogens with one attached hydrogen (secondary N) is 2. The van der Waals surface area contributed by atoms with Gasteiger partial charge in [-0.2, -0.15) is 13.2 Å². The van der Waals surface area contributed by atoms with E-state index in [2.05, 4.69) is 5.32 Å². The van der Waals surface area contributed by atoms with E-state index in [-0.39, 0.29) is 18.4 Å². The van der Waals surface area contributed by atoms with Gasteiger partial charge < -0.3 is 26.0 Å². The number of sulfonamides is 1. The van der Waals surface area contributed by atoms with Gasteiger partial charge in [0, 0.05) is 18.4 Å². The molecule has 14 heteroatoms. The summed E-state index contributed by atoms with van der Waals surface area (Å²) in [4.78, 5) is 24.1. The Morgan fingerprint density at radius 1 is 1.16 bits per heavy atom. The van der Waals surface area contributed by atoms with Crippen LogP contribution >= 0.6 is 0 Å². The minimum Gasteiger partial charge on any atom is -0.497 e. The van der Waals surface area contributed by atoms with Gasteiger partial charge in [0.05, 0.1) is 29.7 Å². The molecule has 6 N–H and O–H groups in total. The van der Waals surface area contributed by atoms with E-state index < -0.39 is 62.8 Å². The second kappa shape index (κ2) is 11.5. The van der Waals surface area contributed by atoms with E-state index in [1.165, 1.54) is 7.11 Å². The fraction of sp³-hybridized carbons (Fsp3) is 0.333. The highest BCUT2D eigenvalue weighted by atomic mass is 32.2. The highest BCUT2D eigenvalue weighted by Crippen LogP contribution is 2.31. The summed E-state index contributed by atoms with van der Waals surface area (Å²) >= 11 is 0. The van der Waals surface area contributed by atoms with Gasteiger partial charge in [-0.15, -0.1) is 0 Å². The summed E-state index contributed by atoms with van der Waals surface area (Å²) in [6.45, 7) is 0. The molecule has 1 aliphatic rings. The van der Waals surface area contributed by atoms with Gasteiger partial charge in [0.25, 0.3) is 0 Å². The zero-order valence-corrected chi connectivity index (χ0v) is 20.8. The van der Waals surface area contributed by atoms with Crippen molar-refractivity contribution >= 4 is 21.8 Å².